The fourth-order valence-corrected chi connectivity index (χ4v) is 4.00. The van der Waals surface area contributed by atoms with Gasteiger partial charge in [0.1, 0.15) is 17.9 Å². The van der Waals surface area contributed by atoms with Crippen molar-refractivity contribution in [1.82, 2.24) is 5.32 Å². The number of hydrogen-bond donors (Lipinski definition) is 2. The van der Waals surface area contributed by atoms with E-state index < -0.39 is 35.9 Å². The zero-order valence-electron chi connectivity index (χ0n) is 23.0. The summed E-state index contributed by atoms with van der Waals surface area (Å²) in [5.41, 5.74) is 2.46. The molecule has 0 saturated carbocycles. The maximum atomic E-state index is 13.0. The highest BCUT2D eigenvalue weighted by Crippen LogP contribution is 2.30. The quantitative estimate of drug-likeness (QED) is 0.0966. The number of para-hydroxylation sites is 1. The number of hydrogen-bond acceptors (Lipinski definition) is 7. The summed E-state index contributed by atoms with van der Waals surface area (Å²) in [6.07, 6.45) is 0.0840. The van der Waals surface area contributed by atoms with E-state index in [1.807, 2.05) is 84.9 Å². The molecule has 0 spiro atoms. The largest absolute Gasteiger partial charge is 0.503 e. The smallest absolute Gasteiger partial charge is 0.328 e. The third kappa shape index (κ3) is 7.60. The third-order valence-corrected chi connectivity index (χ3v) is 6.07. The molecule has 0 unspecified atom stereocenters. The van der Waals surface area contributed by atoms with Gasteiger partial charge in [-0.15, -0.1) is 0 Å². The Labute approximate surface area is 234 Å². The first-order valence-corrected chi connectivity index (χ1v) is 12.8. The Hall–Kier alpha value is -4.85. The molecule has 0 aromatic heterocycles. The number of ether oxygens (including phenoxy) is 3. The van der Waals surface area contributed by atoms with E-state index in [2.05, 4.69) is 17.0 Å². The van der Waals surface area contributed by atoms with Crippen LogP contribution in [0.2, 0.25) is 0 Å². The number of aliphatic hydroxyl groups excluding tert-OH is 1. The SMILES string of the molecule is C=N/C(C(=O)N[C@@H](C)C(=O)O[C@@H](C)[C@H](Oc1ccccc1)c1cccc(-c2ccccc2)c1)=C(O)\C(=C/C)OC. The number of rotatable bonds is 12. The molecule has 0 heterocycles. The Balaban J connectivity index is 1.82. The summed E-state index contributed by atoms with van der Waals surface area (Å²) < 4.78 is 17.1. The molecule has 0 aliphatic rings. The molecule has 3 aromatic rings. The van der Waals surface area contributed by atoms with Crippen molar-refractivity contribution < 1.29 is 28.9 Å². The van der Waals surface area contributed by atoms with Crippen LogP contribution in [-0.4, -0.2) is 43.0 Å². The number of aliphatic hydroxyl groups is 1. The van der Waals surface area contributed by atoms with Crippen LogP contribution in [0.5, 0.6) is 5.75 Å². The summed E-state index contributed by atoms with van der Waals surface area (Å²) in [6.45, 7) is 8.16. The molecule has 3 atom stereocenters. The molecule has 208 valence electrons. The van der Waals surface area contributed by atoms with Crippen molar-refractivity contribution >= 4 is 18.6 Å². The van der Waals surface area contributed by atoms with Gasteiger partial charge in [-0.05, 0) is 68.5 Å². The molecule has 0 radical (unpaired) electrons. The summed E-state index contributed by atoms with van der Waals surface area (Å²) in [5.74, 6) is -1.35. The number of amides is 1. The molecule has 0 aliphatic heterocycles. The minimum atomic E-state index is -1.07. The van der Waals surface area contributed by atoms with Crippen molar-refractivity contribution in [1.29, 1.82) is 0 Å². The van der Waals surface area contributed by atoms with E-state index >= 15 is 0 Å². The van der Waals surface area contributed by atoms with Gasteiger partial charge in [0.2, 0.25) is 0 Å². The Morgan fingerprint density at radius 3 is 2.17 bits per heavy atom. The normalized spacial score (nSPS) is 14.2. The molecule has 3 aromatic carbocycles. The molecule has 0 fully saturated rings. The van der Waals surface area contributed by atoms with Gasteiger partial charge in [-0.3, -0.25) is 9.79 Å². The van der Waals surface area contributed by atoms with Crippen molar-refractivity contribution in [2.24, 2.45) is 4.99 Å². The summed E-state index contributed by atoms with van der Waals surface area (Å²) in [6, 6.07) is 26.0. The average molecular weight is 543 g/mol. The van der Waals surface area contributed by atoms with Crippen LogP contribution >= 0.6 is 0 Å². The fourth-order valence-electron chi connectivity index (χ4n) is 4.00. The maximum Gasteiger partial charge on any atom is 0.328 e. The molecule has 2 N–H and O–H groups in total. The molecule has 0 bridgehead atoms. The van der Waals surface area contributed by atoms with E-state index in [9.17, 15) is 14.7 Å². The third-order valence-electron chi connectivity index (χ3n) is 6.07. The summed E-state index contributed by atoms with van der Waals surface area (Å²) in [5, 5.41) is 12.8. The van der Waals surface area contributed by atoms with Crippen molar-refractivity contribution in [3.63, 3.8) is 0 Å². The highest BCUT2D eigenvalue weighted by Gasteiger charge is 2.29. The number of allylic oxidation sites excluding steroid dienone is 1. The molecule has 40 heavy (non-hydrogen) atoms. The number of nitrogens with one attached hydrogen (secondary N) is 1. The monoisotopic (exact) mass is 542 g/mol. The number of carbonyl (C=O) groups is 2. The van der Waals surface area contributed by atoms with Gasteiger partial charge in [0.25, 0.3) is 5.91 Å². The van der Waals surface area contributed by atoms with Gasteiger partial charge in [0.15, 0.2) is 23.3 Å². The van der Waals surface area contributed by atoms with Crippen LogP contribution in [-0.2, 0) is 19.1 Å². The molecule has 0 aliphatic carbocycles. The van der Waals surface area contributed by atoms with Gasteiger partial charge >= 0.3 is 5.97 Å². The van der Waals surface area contributed by atoms with Crippen LogP contribution in [0.3, 0.4) is 0 Å². The molecule has 3 rings (SSSR count). The molecule has 1 amide bonds. The van der Waals surface area contributed by atoms with Crippen LogP contribution < -0.4 is 10.1 Å². The van der Waals surface area contributed by atoms with Crippen molar-refractivity contribution in [3.8, 4) is 16.9 Å². The van der Waals surface area contributed by atoms with E-state index in [1.165, 1.54) is 20.1 Å². The number of benzene rings is 3. The second-order valence-corrected chi connectivity index (χ2v) is 8.89. The summed E-state index contributed by atoms with van der Waals surface area (Å²) >= 11 is 0. The van der Waals surface area contributed by atoms with E-state index in [0.717, 1.165) is 16.7 Å². The Bertz CT molecular complexity index is 1370. The highest BCUT2D eigenvalue weighted by molar-refractivity contribution is 5.97. The molecular formula is C32H34N2O6. The summed E-state index contributed by atoms with van der Waals surface area (Å²) in [7, 11) is 1.34. The topological polar surface area (TPSA) is 106 Å². The Morgan fingerprint density at radius 1 is 0.950 bits per heavy atom. The highest BCUT2D eigenvalue weighted by atomic mass is 16.6. The predicted molar refractivity (Wildman–Crippen MR) is 155 cm³/mol. The maximum absolute atomic E-state index is 13.0. The predicted octanol–water partition coefficient (Wildman–Crippen LogP) is 5.93. The second kappa shape index (κ2) is 14.3. The van der Waals surface area contributed by atoms with Gasteiger partial charge in [0, 0.05) is 0 Å². The lowest BCUT2D eigenvalue weighted by molar-refractivity contribution is -0.156. The number of carbonyl (C=O) groups excluding carboxylic acids is 2. The number of nitrogens with zero attached hydrogens (tertiary/aromatic N) is 1. The van der Waals surface area contributed by atoms with Crippen molar-refractivity contribution in [2.75, 3.05) is 7.11 Å². The minimum Gasteiger partial charge on any atom is -0.503 e. The molecular weight excluding hydrogens is 508 g/mol. The molecule has 0 saturated heterocycles. The zero-order chi connectivity index (χ0) is 29.1. The number of methoxy groups -OCH3 is 1. The van der Waals surface area contributed by atoms with Crippen LogP contribution in [0.4, 0.5) is 0 Å². The van der Waals surface area contributed by atoms with Gasteiger partial charge in [0.05, 0.1) is 7.11 Å². The Morgan fingerprint density at radius 2 is 1.57 bits per heavy atom. The van der Waals surface area contributed by atoms with E-state index in [0.29, 0.717) is 5.75 Å². The van der Waals surface area contributed by atoms with Crippen LogP contribution in [0.1, 0.15) is 32.4 Å². The first kappa shape index (κ1) is 29.7. The molecule has 8 nitrogen and oxygen atoms in total. The minimum absolute atomic E-state index is 0.0417. The van der Waals surface area contributed by atoms with E-state index in [-0.39, 0.29) is 11.5 Å². The second-order valence-electron chi connectivity index (χ2n) is 8.89. The fraction of sp³-hybridized carbons (Fsp3) is 0.219. The van der Waals surface area contributed by atoms with Gasteiger partial charge < -0.3 is 24.6 Å². The lowest BCUT2D eigenvalue weighted by Crippen LogP contribution is -2.42. The van der Waals surface area contributed by atoms with Gasteiger partial charge in [-0.2, -0.15) is 0 Å². The number of aliphatic imine (C=N–C) groups is 1. The first-order chi connectivity index (χ1) is 19.3. The first-order valence-electron chi connectivity index (χ1n) is 12.8. The summed E-state index contributed by atoms with van der Waals surface area (Å²) in [4.78, 5) is 29.4. The standard InChI is InChI=1S/C32H34N2O6/c1-6-27(38-5)29(35)28(33-4)31(36)34-21(2)32(37)39-22(3)30(40-26-18-11-8-12-19-26)25-17-13-16-24(20-25)23-14-9-7-10-15-23/h6-22,30,35H,4H2,1-3,5H3,(H,34,36)/b27-6+,29-28+/t21-,22-,30-/m0/s1. The van der Waals surface area contributed by atoms with Crippen LogP contribution in [0.15, 0.2) is 113 Å². The van der Waals surface area contributed by atoms with Gasteiger partial charge in [-0.25, -0.2) is 4.79 Å². The number of esters is 1. The lowest BCUT2D eigenvalue weighted by Gasteiger charge is -2.27. The van der Waals surface area contributed by atoms with Crippen LogP contribution in [0.25, 0.3) is 11.1 Å². The lowest BCUT2D eigenvalue weighted by atomic mass is 9.98. The average Bonchev–Trinajstić information content (AvgIpc) is 2.97. The van der Waals surface area contributed by atoms with Gasteiger partial charge in [-0.1, -0.05) is 66.7 Å². The van der Waals surface area contributed by atoms with Crippen molar-refractivity contribution in [3.05, 3.63) is 114 Å². The van der Waals surface area contributed by atoms with Crippen molar-refractivity contribution in [2.45, 2.75) is 39.0 Å². The van der Waals surface area contributed by atoms with Crippen LogP contribution in [0, 0.1) is 0 Å². The molecule has 8 heteroatoms. The Kier molecular flexibility index (Phi) is 10.7. The zero-order valence-corrected chi connectivity index (χ0v) is 23.0. The van der Waals surface area contributed by atoms with E-state index in [1.54, 1.807) is 13.8 Å². The van der Waals surface area contributed by atoms with E-state index in [4.69, 9.17) is 14.2 Å².